The van der Waals surface area contributed by atoms with Gasteiger partial charge in [0.25, 0.3) is 5.91 Å². The summed E-state index contributed by atoms with van der Waals surface area (Å²) in [6.07, 6.45) is 1.63. The fourth-order valence-electron chi connectivity index (χ4n) is 1.52. The van der Waals surface area contributed by atoms with E-state index in [1.54, 1.807) is 24.4 Å². The van der Waals surface area contributed by atoms with E-state index < -0.39 is 0 Å². The van der Waals surface area contributed by atoms with Crippen LogP contribution < -0.4 is 5.32 Å². The summed E-state index contributed by atoms with van der Waals surface area (Å²) >= 11 is 0. The molecule has 0 saturated heterocycles. The van der Waals surface area contributed by atoms with Crippen LogP contribution >= 0.6 is 0 Å². The Balaban J connectivity index is 2.16. The standard InChI is InChI=1S/C14H15N3O/c1-10(2)11-6-5-7-12(16-11)14(18)17-13-8-3-4-9-15-13/h3-10H,1-2H3,(H,15,17,18). The lowest BCUT2D eigenvalue weighted by Gasteiger charge is -2.07. The van der Waals surface area contributed by atoms with Crippen molar-refractivity contribution in [3.8, 4) is 0 Å². The number of nitrogens with one attached hydrogen (secondary N) is 1. The van der Waals surface area contributed by atoms with Crippen LogP contribution in [0.3, 0.4) is 0 Å². The summed E-state index contributed by atoms with van der Waals surface area (Å²) in [6, 6.07) is 10.8. The molecule has 0 saturated carbocycles. The number of aromatic nitrogens is 2. The van der Waals surface area contributed by atoms with E-state index in [1.165, 1.54) is 0 Å². The maximum absolute atomic E-state index is 12.0. The lowest BCUT2D eigenvalue weighted by molar-refractivity contribution is 0.102. The number of pyridine rings is 2. The van der Waals surface area contributed by atoms with E-state index >= 15 is 0 Å². The SMILES string of the molecule is CC(C)c1cccc(C(=O)Nc2ccccn2)n1. The Morgan fingerprint density at radius 1 is 1.17 bits per heavy atom. The van der Waals surface area contributed by atoms with Gasteiger partial charge in [-0.2, -0.15) is 0 Å². The van der Waals surface area contributed by atoms with Crippen molar-refractivity contribution in [3.63, 3.8) is 0 Å². The lowest BCUT2D eigenvalue weighted by Crippen LogP contribution is -2.15. The summed E-state index contributed by atoms with van der Waals surface area (Å²) in [5, 5.41) is 2.71. The first-order chi connectivity index (χ1) is 8.66. The molecule has 0 spiro atoms. The third kappa shape index (κ3) is 2.91. The van der Waals surface area contributed by atoms with Gasteiger partial charge in [0, 0.05) is 11.9 Å². The molecule has 4 heteroatoms. The number of hydrogen-bond donors (Lipinski definition) is 1. The Morgan fingerprint density at radius 3 is 2.67 bits per heavy atom. The van der Waals surface area contributed by atoms with Gasteiger partial charge in [-0.05, 0) is 30.2 Å². The predicted molar refractivity (Wildman–Crippen MR) is 70.5 cm³/mol. The zero-order valence-electron chi connectivity index (χ0n) is 10.4. The van der Waals surface area contributed by atoms with Crippen molar-refractivity contribution in [1.82, 2.24) is 9.97 Å². The van der Waals surface area contributed by atoms with Crippen LogP contribution in [-0.4, -0.2) is 15.9 Å². The average molecular weight is 241 g/mol. The molecule has 0 aliphatic rings. The van der Waals surface area contributed by atoms with Gasteiger partial charge in [0.1, 0.15) is 11.5 Å². The molecule has 0 aromatic carbocycles. The topological polar surface area (TPSA) is 54.9 Å². The smallest absolute Gasteiger partial charge is 0.275 e. The van der Waals surface area contributed by atoms with Crippen molar-refractivity contribution >= 4 is 11.7 Å². The van der Waals surface area contributed by atoms with Crippen LogP contribution in [0.2, 0.25) is 0 Å². The van der Waals surface area contributed by atoms with Crippen LogP contribution in [-0.2, 0) is 0 Å². The summed E-state index contributed by atoms with van der Waals surface area (Å²) in [4.78, 5) is 20.3. The Hall–Kier alpha value is -2.23. The number of hydrogen-bond acceptors (Lipinski definition) is 3. The number of carbonyl (C=O) groups is 1. The molecule has 2 aromatic heterocycles. The minimum Gasteiger partial charge on any atom is -0.305 e. The molecule has 2 rings (SSSR count). The van der Waals surface area contributed by atoms with Crippen LogP contribution in [0.15, 0.2) is 42.6 Å². The van der Waals surface area contributed by atoms with E-state index in [-0.39, 0.29) is 5.91 Å². The highest BCUT2D eigenvalue weighted by atomic mass is 16.1. The van der Waals surface area contributed by atoms with Gasteiger partial charge in [-0.15, -0.1) is 0 Å². The normalized spacial score (nSPS) is 10.4. The van der Waals surface area contributed by atoms with Crippen molar-refractivity contribution in [2.24, 2.45) is 0 Å². The highest BCUT2D eigenvalue weighted by molar-refractivity contribution is 6.02. The van der Waals surface area contributed by atoms with Crippen LogP contribution in [0, 0.1) is 0 Å². The molecule has 0 unspecified atom stereocenters. The Morgan fingerprint density at radius 2 is 2.00 bits per heavy atom. The number of amides is 1. The monoisotopic (exact) mass is 241 g/mol. The van der Waals surface area contributed by atoms with E-state index in [0.29, 0.717) is 17.4 Å². The second-order valence-corrected chi connectivity index (χ2v) is 4.27. The number of rotatable bonds is 3. The molecule has 0 radical (unpaired) electrons. The minimum atomic E-state index is -0.240. The molecule has 92 valence electrons. The molecular weight excluding hydrogens is 226 g/mol. The second-order valence-electron chi connectivity index (χ2n) is 4.27. The largest absolute Gasteiger partial charge is 0.305 e. The van der Waals surface area contributed by atoms with Crippen LogP contribution in [0.1, 0.15) is 35.9 Å². The Labute approximate surface area is 106 Å². The van der Waals surface area contributed by atoms with E-state index in [4.69, 9.17) is 0 Å². The Bertz CT molecular complexity index is 538. The van der Waals surface area contributed by atoms with E-state index in [0.717, 1.165) is 5.69 Å². The van der Waals surface area contributed by atoms with Crippen LogP contribution in [0.25, 0.3) is 0 Å². The van der Waals surface area contributed by atoms with E-state index in [9.17, 15) is 4.79 Å². The molecule has 1 amide bonds. The number of anilines is 1. The van der Waals surface area contributed by atoms with Crippen LogP contribution in [0.4, 0.5) is 5.82 Å². The maximum atomic E-state index is 12.0. The molecular formula is C14H15N3O. The number of carbonyl (C=O) groups excluding carboxylic acids is 1. The quantitative estimate of drug-likeness (QED) is 0.899. The Kier molecular flexibility index (Phi) is 3.67. The molecule has 2 heterocycles. The molecule has 1 N–H and O–H groups in total. The predicted octanol–water partition coefficient (Wildman–Crippen LogP) is 2.85. The lowest BCUT2D eigenvalue weighted by atomic mass is 10.1. The van der Waals surface area contributed by atoms with E-state index in [1.807, 2.05) is 32.0 Å². The van der Waals surface area contributed by atoms with Gasteiger partial charge in [-0.25, -0.2) is 9.97 Å². The molecule has 0 atom stereocenters. The van der Waals surface area contributed by atoms with Gasteiger partial charge in [-0.1, -0.05) is 26.0 Å². The summed E-state index contributed by atoms with van der Waals surface area (Å²) in [7, 11) is 0. The van der Waals surface area contributed by atoms with Gasteiger partial charge >= 0.3 is 0 Å². The first-order valence-corrected chi connectivity index (χ1v) is 5.86. The second kappa shape index (κ2) is 5.40. The zero-order valence-corrected chi connectivity index (χ0v) is 10.4. The van der Waals surface area contributed by atoms with Gasteiger partial charge < -0.3 is 5.32 Å². The summed E-state index contributed by atoms with van der Waals surface area (Å²) in [6.45, 7) is 4.09. The summed E-state index contributed by atoms with van der Waals surface area (Å²) in [5.41, 5.74) is 1.32. The highest BCUT2D eigenvalue weighted by Crippen LogP contribution is 2.12. The third-order valence-electron chi connectivity index (χ3n) is 2.50. The fourth-order valence-corrected chi connectivity index (χ4v) is 1.52. The van der Waals surface area contributed by atoms with Gasteiger partial charge in [0.15, 0.2) is 0 Å². The third-order valence-corrected chi connectivity index (χ3v) is 2.50. The van der Waals surface area contributed by atoms with Crippen molar-refractivity contribution in [3.05, 3.63) is 54.0 Å². The van der Waals surface area contributed by atoms with Crippen LogP contribution in [0.5, 0.6) is 0 Å². The molecule has 0 aliphatic carbocycles. The molecule has 18 heavy (non-hydrogen) atoms. The molecule has 0 aliphatic heterocycles. The van der Waals surface area contributed by atoms with Crippen molar-refractivity contribution < 1.29 is 4.79 Å². The van der Waals surface area contributed by atoms with Gasteiger partial charge in [0.2, 0.25) is 0 Å². The van der Waals surface area contributed by atoms with Gasteiger partial charge in [-0.3, -0.25) is 4.79 Å². The molecule has 0 fully saturated rings. The summed E-state index contributed by atoms with van der Waals surface area (Å²) in [5.74, 6) is 0.586. The van der Waals surface area contributed by atoms with Crippen molar-refractivity contribution in [2.75, 3.05) is 5.32 Å². The van der Waals surface area contributed by atoms with E-state index in [2.05, 4.69) is 15.3 Å². The van der Waals surface area contributed by atoms with Crippen molar-refractivity contribution in [1.29, 1.82) is 0 Å². The molecule has 4 nitrogen and oxygen atoms in total. The first kappa shape index (κ1) is 12.2. The van der Waals surface area contributed by atoms with Gasteiger partial charge in [0.05, 0.1) is 0 Å². The fraction of sp³-hybridized carbons (Fsp3) is 0.214. The number of nitrogens with zero attached hydrogens (tertiary/aromatic N) is 2. The van der Waals surface area contributed by atoms with Crippen molar-refractivity contribution in [2.45, 2.75) is 19.8 Å². The minimum absolute atomic E-state index is 0.240. The maximum Gasteiger partial charge on any atom is 0.275 e. The summed E-state index contributed by atoms with van der Waals surface area (Å²) < 4.78 is 0. The zero-order chi connectivity index (χ0) is 13.0. The highest BCUT2D eigenvalue weighted by Gasteiger charge is 2.10. The molecule has 0 bridgehead atoms. The average Bonchev–Trinajstić information content (AvgIpc) is 2.40. The first-order valence-electron chi connectivity index (χ1n) is 5.86. The molecule has 2 aromatic rings.